The standard InChI is InChI=1S/C13H27NS/c1-4-15-9-8-11(2)14-12(3)10-13-6-5-7-13/h11-14H,4-10H2,1-3H3. The van der Waals surface area contributed by atoms with Crippen molar-refractivity contribution in [2.24, 2.45) is 5.92 Å². The Hall–Kier alpha value is 0.310. The van der Waals surface area contributed by atoms with Crippen LogP contribution in [0.5, 0.6) is 0 Å². The molecule has 1 N–H and O–H groups in total. The summed E-state index contributed by atoms with van der Waals surface area (Å²) in [6.45, 7) is 6.91. The molecule has 90 valence electrons. The van der Waals surface area contributed by atoms with Crippen molar-refractivity contribution >= 4 is 11.8 Å². The van der Waals surface area contributed by atoms with Crippen molar-refractivity contribution in [2.45, 2.75) is 65.0 Å². The van der Waals surface area contributed by atoms with E-state index in [0.29, 0.717) is 6.04 Å². The quantitative estimate of drug-likeness (QED) is 0.637. The lowest BCUT2D eigenvalue weighted by Gasteiger charge is -2.30. The number of thioether (sulfide) groups is 1. The second-order valence-electron chi connectivity index (χ2n) is 4.99. The Morgan fingerprint density at radius 3 is 2.53 bits per heavy atom. The van der Waals surface area contributed by atoms with E-state index < -0.39 is 0 Å². The van der Waals surface area contributed by atoms with Gasteiger partial charge in [0, 0.05) is 12.1 Å². The van der Waals surface area contributed by atoms with Crippen molar-refractivity contribution in [2.75, 3.05) is 11.5 Å². The minimum absolute atomic E-state index is 0.694. The van der Waals surface area contributed by atoms with Gasteiger partial charge >= 0.3 is 0 Å². The molecule has 0 aromatic rings. The molecule has 0 radical (unpaired) electrons. The smallest absolute Gasteiger partial charge is 0.00490 e. The first kappa shape index (κ1) is 13.4. The predicted octanol–water partition coefficient (Wildman–Crippen LogP) is 3.69. The molecule has 0 bridgehead atoms. The van der Waals surface area contributed by atoms with Gasteiger partial charge in [-0.1, -0.05) is 26.2 Å². The fourth-order valence-corrected chi connectivity index (χ4v) is 3.08. The Morgan fingerprint density at radius 1 is 1.27 bits per heavy atom. The van der Waals surface area contributed by atoms with E-state index in [9.17, 15) is 0 Å². The van der Waals surface area contributed by atoms with Crippen LogP contribution in [0.2, 0.25) is 0 Å². The molecule has 1 aliphatic rings. The zero-order valence-corrected chi connectivity index (χ0v) is 11.4. The third-order valence-electron chi connectivity index (χ3n) is 3.38. The van der Waals surface area contributed by atoms with Crippen LogP contribution in [0.4, 0.5) is 0 Å². The first-order valence-corrected chi connectivity index (χ1v) is 7.71. The van der Waals surface area contributed by atoms with Gasteiger partial charge in [0.15, 0.2) is 0 Å². The molecule has 1 saturated carbocycles. The summed E-state index contributed by atoms with van der Waals surface area (Å²) < 4.78 is 0. The highest BCUT2D eigenvalue weighted by Gasteiger charge is 2.20. The molecule has 0 spiro atoms. The van der Waals surface area contributed by atoms with Crippen LogP contribution in [-0.4, -0.2) is 23.6 Å². The minimum Gasteiger partial charge on any atom is -0.312 e. The van der Waals surface area contributed by atoms with Gasteiger partial charge in [-0.05, 0) is 44.1 Å². The van der Waals surface area contributed by atoms with E-state index in [1.165, 1.54) is 43.6 Å². The Kier molecular flexibility index (Phi) is 6.74. The summed E-state index contributed by atoms with van der Waals surface area (Å²) >= 11 is 2.05. The highest BCUT2D eigenvalue weighted by molar-refractivity contribution is 7.99. The van der Waals surface area contributed by atoms with E-state index in [4.69, 9.17) is 0 Å². The molecular formula is C13H27NS. The van der Waals surface area contributed by atoms with Crippen molar-refractivity contribution in [1.29, 1.82) is 0 Å². The first-order chi connectivity index (χ1) is 7.22. The second kappa shape index (κ2) is 7.56. The molecule has 1 rings (SSSR count). The number of rotatable bonds is 8. The largest absolute Gasteiger partial charge is 0.312 e. The second-order valence-corrected chi connectivity index (χ2v) is 6.38. The van der Waals surface area contributed by atoms with Gasteiger partial charge in [-0.25, -0.2) is 0 Å². The zero-order chi connectivity index (χ0) is 11.1. The number of hydrogen-bond donors (Lipinski definition) is 1. The van der Waals surface area contributed by atoms with Gasteiger partial charge in [0.05, 0.1) is 0 Å². The average molecular weight is 229 g/mol. The molecule has 2 heteroatoms. The Bertz CT molecular complexity index is 157. The maximum absolute atomic E-state index is 3.72. The van der Waals surface area contributed by atoms with Crippen LogP contribution in [-0.2, 0) is 0 Å². The van der Waals surface area contributed by atoms with Gasteiger partial charge in [-0.2, -0.15) is 11.8 Å². The molecule has 0 amide bonds. The van der Waals surface area contributed by atoms with Gasteiger partial charge < -0.3 is 5.32 Å². The lowest BCUT2D eigenvalue weighted by molar-refractivity contribution is 0.258. The molecule has 0 aromatic heterocycles. The van der Waals surface area contributed by atoms with Crippen molar-refractivity contribution in [3.8, 4) is 0 Å². The van der Waals surface area contributed by atoms with Crippen LogP contribution in [0.15, 0.2) is 0 Å². The Morgan fingerprint density at radius 2 is 2.00 bits per heavy atom. The normalized spacial score (nSPS) is 21.0. The summed E-state index contributed by atoms with van der Waals surface area (Å²) in [6, 6.07) is 1.41. The highest BCUT2D eigenvalue weighted by atomic mass is 32.2. The van der Waals surface area contributed by atoms with Crippen LogP contribution in [0.25, 0.3) is 0 Å². The first-order valence-electron chi connectivity index (χ1n) is 6.56. The van der Waals surface area contributed by atoms with Crippen molar-refractivity contribution < 1.29 is 0 Å². The van der Waals surface area contributed by atoms with Gasteiger partial charge in [0.25, 0.3) is 0 Å². The van der Waals surface area contributed by atoms with Crippen LogP contribution in [0, 0.1) is 5.92 Å². The fourth-order valence-electron chi connectivity index (χ4n) is 2.27. The highest BCUT2D eigenvalue weighted by Crippen LogP contribution is 2.30. The molecule has 1 nitrogen and oxygen atoms in total. The van der Waals surface area contributed by atoms with Crippen molar-refractivity contribution in [1.82, 2.24) is 5.32 Å². The fraction of sp³-hybridized carbons (Fsp3) is 1.00. The number of hydrogen-bond acceptors (Lipinski definition) is 2. The van der Waals surface area contributed by atoms with Crippen LogP contribution < -0.4 is 5.32 Å². The summed E-state index contributed by atoms with van der Waals surface area (Å²) in [6.07, 6.45) is 7.14. The molecule has 0 heterocycles. The molecule has 15 heavy (non-hydrogen) atoms. The number of nitrogens with one attached hydrogen (secondary N) is 1. The lowest BCUT2D eigenvalue weighted by atomic mass is 9.81. The summed E-state index contributed by atoms with van der Waals surface area (Å²) in [5.41, 5.74) is 0. The maximum Gasteiger partial charge on any atom is 0.00490 e. The third-order valence-corrected chi connectivity index (χ3v) is 4.31. The van der Waals surface area contributed by atoms with Gasteiger partial charge in [0.2, 0.25) is 0 Å². The third kappa shape index (κ3) is 5.82. The molecule has 0 saturated heterocycles. The van der Waals surface area contributed by atoms with Crippen molar-refractivity contribution in [3.63, 3.8) is 0 Å². The van der Waals surface area contributed by atoms with Crippen molar-refractivity contribution in [3.05, 3.63) is 0 Å². The van der Waals surface area contributed by atoms with E-state index in [1.54, 1.807) is 0 Å². The molecule has 0 aliphatic heterocycles. The van der Waals surface area contributed by atoms with Crippen LogP contribution >= 0.6 is 11.8 Å². The predicted molar refractivity (Wildman–Crippen MR) is 71.6 cm³/mol. The Balaban J connectivity index is 1.99. The molecule has 0 aromatic carbocycles. The zero-order valence-electron chi connectivity index (χ0n) is 10.6. The maximum atomic E-state index is 3.72. The topological polar surface area (TPSA) is 12.0 Å². The summed E-state index contributed by atoms with van der Waals surface area (Å²) in [4.78, 5) is 0. The van der Waals surface area contributed by atoms with E-state index in [2.05, 4.69) is 37.8 Å². The van der Waals surface area contributed by atoms with E-state index in [0.717, 1.165) is 12.0 Å². The van der Waals surface area contributed by atoms with Gasteiger partial charge in [-0.15, -0.1) is 0 Å². The molecule has 1 aliphatic carbocycles. The molecule has 2 atom stereocenters. The SMILES string of the molecule is CCSCCC(C)NC(C)CC1CCC1. The molecule has 1 fully saturated rings. The minimum atomic E-state index is 0.694. The summed E-state index contributed by atoms with van der Waals surface area (Å²) in [7, 11) is 0. The lowest BCUT2D eigenvalue weighted by Crippen LogP contribution is -2.37. The molecular weight excluding hydrogens is 202 g/mol. The average Bonchev–Trinajstić information content (AvgIpc) is 2.12. The summed E-state index contributed by atoms with van der Waals surface area (Å²) in [5.74, 6) is 3.59. The van der Waals surface area contributed by atoms with Gasteiger partial charge in [0.1, 0.15) is 0 Å². The van der Waals surface area contributed by atoms with E-state index in [1.807, 2.05) is 0 Å². The van der Waals surface area contributed by atoms with Gasteiger partial charge in [-0.3, -0.25) is 0 Å². The van der Waals surface area contributed by atoms with E-state index in [-0.39, 0.29) is 0 Å². The van der Waals surface area contributed by atoms with E-state index >= 15 is 0 Å². The Labute approximate surface area is 99.8 Å². The molecule has 2 unspecified atom stereocenters. The van der Waals surface area contributed by atoms with Crippen LogP contribution in [0.1, 0.15) is 52.9 Å². The monoisotopic (exact) mass is 229 g/mol. The summed E-state index contributed by atoms with van der Waals surface area (Å²) in [5, 5.41) is 3.72. The van der Waals surface area contributed by atoms with Crippen LogP contribution in [0.3, 0.4) is 0 Å².